The molecule has 36 heavy (non-hydrogen) atoms. The van der Waals surface area contributed by atoms with Gasteiger partial charge in [0.1, 0.15) is 5.75 Å². The van der Waals surface area contributed by atoms with Gasteiger partial charge in [-0.15, -0.1) is 0 Å². The lowest BCUT2D eigenvalue weighted by Crippen LogP contribution is -2.33. The Balaban J connectivity index is 1.65. The molecular formula is C24H23Cl2N3O5S2. The van der Waals surface area contributed by atoms with Gasteiger partial charge >= 0.3 is 0 Å². The lowest BCUT2D eigenvalue weighted by molar-refractivity contribution is 0.414. The van der Waals surface area contributed by atoms with E-state index in [-0.39, 0.29) is 20.9 Å². The van der Waals surface area contributed by atoms with Crippen LogP contribution in [-0.4, -0.2) is 35.9 Å². The predicted octanol–water partition coefficient (Wildman–Crippen LogP) is 4.52. The van der Waals surface area contributed by atoms with E-state index in [0.29, 0.717) is 22.7 Å². The fourth-order valence-electron chi connectivity index (χ4n) is 3.81. The molecule has 12 heteroatoms. The van der Waals surface area contributed by atoms with E-state index in [0.717, 1.165) is 17.6 Å². The van der Waals surface area contributed by atoms with Gasteiger partial charge in [-0.05, 0) is 59.7 Å². The Labute approximate surface area is 220 Å². The summed E-state index contributed by atoms with van der Waals surface area (Å²) in [5.41, 5.74) is 5.03. The number of ether oxygens (including phenoxy) is 1. The third-order valence-corrected chi connectivity index (χ3v) is 8.87. The quantitative estimate of drug-likeness (QED) is 0.413. The number of halogens is 2. The number of hydrogen-bond acceptors (Lipinski definition) is 7. The number of sulfonamides is 1. The zero-order valence-electron chi connectivity index (χ0n) is 19.3. The van der Waals surface area contributed by atoms with Crippen molar-refractivity contribution < 1.29 is 21.6 Å². The smallest absolute Gasteiger partial charge is 0.241 e. The maximum Gasteiger partial charge on any atom is 0.241 e. The highest BCUT2D eigenvalue weighted by Crippen LogP contribution is 2.33. The van der Waals surface area contributed by atoms with Crippen LogP contribution < -0.4 is 14.9 Å². The molecule has 190 valence electrons. The molecule has 0 spiro atoms. The minimum absolute atomic E-state index is 0.0189. The van der Waals surface area contributed by atoms with Gasteiger partial charge in [-0.1, -0.05) is 41.4 Å². The molecule has 0 saturated carbocycles. The largest absolute Gasteiger partial charge is 0.497 e. The van der Waals surface area contributed by atoms with Crippen LogP contribution in [0, 0.1) is 0 Å². The Bertz CT molecular complexity index is 1510. The molecule has 1 aliphatic heterocycles. The van der Waals surface area contributed by atoms with Crippen LogP contribution in [0.2, 0.25) is 10.0 Å². The molecule has 2 unspecified atom stereocenters. The van der Waals surface area contributed by atoms with Crippen molar-refractivity contribution in [2.45, 2.75) is 28.3 Å². The molecule has 0 bridgehead atoms. The molecule has 8 nitrogen and oxygen atoms in total. The molecule has 0 aromatic heterocycles. The van der Waals surface area contributed by atoms with Gasteiger partial charge in [0.05, 0.1) is 34.7 Å². The van der Waals surface area contributed by atoms with E-state index in [4.69, 9.17) is 27.9 Å². The minimum Gasteiger partial charge on any atom is -0.497 e. The first-order valence-corrected chi connectivity index (χ1v) is 14.8. The van der Waals surface area contributed by atoms with E-state index in [9.17, 15) is 16.8 Å². The summed E-state index contributed by atoms with van der Waals surface area (Å²) in [6, 6.07) is 16.2. The minimum atomic E-state index is -4.09. The zero-order chi connectivity index (χ0) is 26.1. The Kier molecular flexibility index (Phi) is 7.63. The first-order chi connectivity index (χ1) is 17.0. The van der Waals surface area contributed by atoms with Crippen LogP contribution in [0.15, 0.2) is 81.6 Å². The molecule has 0 aliphatic carbocycles. The third-order valence-electron chi connectivity index (χ3n) is 5.74. The van der Waals surface area contributed by atoms with Gasteiger partial charge in [-0.3, -0.25) is 0 Å². The summed E-state index contributed by atoms with van der Waals surface area (Å²) in [6.45, 7) is 0. The Morgan fingerprint density at radius 1 is 0.972 bits per heavy atom. The molecule has 1 heterocycles. The number of nitrogens with zero attached hydrogens (tertiary/aromatic N) is 1. The number of benzene rings is 3. The number of sulfone groups is 1. The fourth-order valence-corrected chi connectivity index (χ4v) is 6.16. The molecular weight excluding hydrogens is 545 g/mol. The van der Waals surface area contributed by atoms with Crippen molar-refractivity contribution in [1.29, 1.82) is 0 Å². The van der Waals surface area contributed by atoms with Crippen molar-refractivity contribution in [3.8, 4) is 5.75 Å². The second kappa shape index (κ2) is 10.4. The molecule has 0 saturated heterocycles. The maximum atomic E-state index is 13.3. The highest BCUT2D eigenvalue weighted by molar-refractivity contribution is 7.90. The van der Waals surface area contributed by atoms with Crippen molar-refractivity contribution in [1.82, 2.24) is 10.1 Å². The Hall–Kier alpha value is -2.63. The topological polar surface area (TPSA) is 114 Å². The van der Waals surface area contributed by atoms with Crippen molar-refractivity contribution in [3.63, 3.8) is 0 Å². The summed E-state index contributed by atoms with van der Waals surface area (Å²) in [7, 11) is -5.97. The first-order valence-electron chi connectivity index (χ1n) is 10.7. The van der Waals surface area contributed by atoms with Gasteiger partial charge < -0.3 is 10.2 Å². The Morgan fingerprint density at radius 2 is 1.61 bits per heavy atom. The molecule has 3 aromatic rings. The number of hydrazone groups is 1. The summed E-state index contributed by atoms with van der Waals surface area (Å²) in [6.07, 6.45) is 1.46. The molecule has 0 radical (unpaired) electrons. The standard InChI is InChI=1S/C24H23Cl2N3O5S2/c1-34-17-6-3-15(4-7-17)22-14-23(28-27-22)24(20-12-5-16(25)13-21(20)26)29-36(32,33)19-10-8-18(9-11-19)35(2,30)31/h3-13,22,24,27,29H,14H2,1-2H3. The average Bonchev–Trinajstić information content (AvgIpc) is 3.33. The van der Waals surface area contributed by atoms with Crippen molar-refractivity contribution in [2.75, 3.05) is 13.4 Å². The Morgan fingerprint density at radius 3 is 2.19 bits per heavy atom. The molecule has 4 rings (SSSR count). The molecule has 2 atom stereocenters. The van der Waals surface area contributed by atoms with Gasteiger partial charge in [-0.25, -0.2) is 16.8 Å². The second-order valence-electron chi connectivity index (χ2n) is 8.23. The van der Waals surface area contributed by atoms with E-state index in [1.807, 2.05) is 24.3 Å². The van der Waals surface area contributed by atoms with Crippen molar-refractivity contribution in [3.05, 3.63) is 87.9 Å². The van der Waals surface area contributed by atoms with Crippen LogP contribution in [0.3, 0.4) is 0 Å². The van der Waals surface area contributed by atoms with Crippen LogP contribution in [0.5, 0.6) is 5.75 Å². The number of hydrogen-bond donors (Lipinski definition) is 2. The van der Waals surface area contributed by atoms with Crippen LogP contribution in [0.4, 0.5) is 0 Å². The summed E-state index contributed by atoms with van der Waals surface area (Å²) >= 11 is 12.5. The summed E-state index contributed by atoms with van der Waals surface area (Å²) in [5, 5.41) is 5.12. The van der Waals surface area contributed by atoms with E-state index < -0.39 is 25.9 Å². The van der Waals surface area contributed by atoms with Crippen molar-refractivity contribution in [2.24, 2.45) is 5.10 Å². The average molecular weight is 569 g/mol. The van der Waals surface area contributed by atoms with Gasteiger partial charge in [-0.2, -0.15) is 9.82 Å². The van der Waals surface area contributed by atoms with Crippen LogP contribution in [0.1, 0.15) is 29.6 Å². The number of methoxy groups -OCH3 is 1. The monoisotopic (exact) mass is 567 g/mol. The number of nitrogens with one attached hydrogen (secondary N) is 2. The van der Waals surface area contributed by atoms with Gasteiger partial charge in [0.25, 0.3) is 0 Å². The highest BCUT2D eigenvalue weighted by Gasteiger charge is 2.32. The lowest BCUT2D eigenvalue weighted by Gasteiger charge is -2.21. The van der Waals surface area contributed by atoms with Gasteiger partial charge in [0.15, 0.2) is 9.84 Å². The molecule has 1 aliphatic rings. The molecule has 3 aromatic carbocycles. The fraction of sp³-hybridized carbons (Fsp3) is 0.208. The second-order valence-corrected chi connectivity index (χ2v) is 12.8. The SMILES string of the molecule is COc1ccc(C2CC(C(NS(=O)(=O)c3ccc(S(C)(=O)=O)cc3)c3ccc(Cl)cc3Cl)=NN2)cc1. The summed E-state index contributed by atoms with van der Waals surface area (Å²) < 4.78 is 58.0. The molecule has 2 N–H and O–H groups in total. The van der Waals surface area contributed by atoms with Gasteiger partial charge in [0, 0.05) is 22.7 Å². The van der Waals surface area contributed by atoms with Crippen molar-refractivity contribution >= 4 is 48.8 Å². The summed E-state index contributed by atoms with van der Waals surface area (Å²) in [5.74, 6) is 0.721. The lowest BCUT2D eigenvalue weighted by atomic mass is 9.96. The maximum absolute atomic E-state index is 13.3. The highest BCUT2D eigenvalue weighted by atomic mass is 35.5. The van der Waals surface area contributed by atoms with Crippen LogP contribution in [0.25, 0.3) is 0 Å². The predicted molar refractivity (Wildman–Crippen MR) is 140 cm³/mol. The number of rotatable bonds is 8. The molecule has 0 amide bonds. The van der Waals surface area contributed by atoms with E-state index in [2.05, 4.69) is 15.2 Å². The van der Waals surface area contributed by atoms with E-state index >= 15 is 0 Å². The normalized spacial score (nSPS) is 16.8. The summed E-state index contributed by atoms with van der Waals surface area (Å²) in [4.78, 5) is -0.0753. The van der Waals surface area contributed by atoms with E-state index in [1.165, 1.54) is 30.3 Å². The third kappa shape index (κ3) is 5.84. The van der Waals surface area contributed by atoms with Crippen LogP contribution >= 0.6 is 23.2 Å². The van der Waals surface area contributed by atoms with Gasteiger partial charge in [0.2, 0.25) is 10.0 Å². The van der Waals surface area contributed by atoms with E-state index in [1.54, 1.807) is 19.2 Å². The zero-order valence-corrected chi connectivity index (χ0v) is 22.4. The first kappa shape index (κ1) is 26.4. The van der Waals surface area contributed by atoms with Crippen LogP contribution in [-0.2, 0) is 19.9 Å². The molecule has 0 fully saturated rings.